The van der Waals surface area contributed by atoms with Crippen LogP contribution in [0.1, 0.15) is 48.7 Å². The summed E-state index contributed by atoms with van der Waals surface area (Å²) in [6.45, 7) is 8.58. The molecule has 0 radical (unpaired) electrons. The van der Waals surface area contributed by atoms with E-state index in [1.165, 1.54) is 5.56 Å². The maximum absolute atomic E-state index is 12.9. The van der Waals surface area contributed by atoms with Crippen LogP contribution in [0.15, 0.2) is 60.8 Å². The molecule has 2 heterocycles. The van der Waals surface area contributed by atoms with Gasteiger partial charge >= 0.3 is 0 Å². The predicted octanol–water partition coefficient (Wildman–Crippen LogP) is 4.98. The lowest BCUT2D eigenvalue weighted by molar-refractivity contribution is 0.0783. The van der Waals surface area contributed by atoms with E-state index >= 15 is 0 Å². The Morgan fingerprint density at radius 2 is 1.77 bits per heavy atom. The van der Waals surface area contributed by atoms with Crippen molar-refractivity contribution in [2.45, 2.75) is 45.3 Å². The van der Waals surface area contributed by atoms with Crippen molar-refractivity contribution in [1.82, 2.24) is 14.8 Å². The molecule has 1 atom stereocenters. The summed E-state index contributed by atoms with van der Waals surface area (Å²) in [5.74, 6) is 0.989. The third-order valence-corrected chi connectivity index (χ3v) is 6.74. The summed E-state index contributed by atoms with van der Waals surface area (Å²) in [6, 6.07) is 18.5. The van der Waals surface area contributed by atoms with Gasteiger partial charge in [-0.1, -0.05) is 57.2 Å². The maximum atomic E-state index is 12.9. The minimum atomic E-state index is 0.0813. The molecule has 1 aromatic heterocycles. The fourth-order valence-corrected chi connectivity index (χ4v) is 4.33. The average Bonchev–Trinajstić information content (AvgIpc) is 3.34. The van der Waals surface area contributed by atoms with E-state index in [0.29, 0.717) is 29.8 Å². The molecule has 1 aliphatic heterocycles. The number of nitrogen functional groups attached to an aromatic ring is 1. The number of likely N-dealkylation sites (tertiary alicyclic amines) is 1. The first-order valence-corrected chi connectivity index (χ1v) is 12.2. The number of rotatable bonds is 6. The van der Waals surface area contributed by atoms with Crippen molar-refractivity contribution in [3.8, 4) is 16.9 Å². The van der Waals surface area contributed by atoms with Gasteiger partial charge in [0.1, 0.15) is 6.61 Å². The molecule has 6 nitrogen and oxygen atoms in total. The van der Waals surface area contributed by atoms with Gasteiger partial charge in [0.25, 0.3) is 5.91 Å². The van der Waals surface area contributed by atoms with Crippen LogP contribution in [0.2, 0.25) is 0 Å². The highest BCUT2D eigenvalue weighted by Gasteiger charge is 2.28. The van der Waals surface area contributed by atoms with Gasteiger partial charge < -0.3 is 20.3 Å². The summed E-state index contributed by atoms with van der Waals surface area (Å²) in [4.78, 5) is 21.4. The zero-order valence-electron chi connectivity index (χ0n) is 21.4. The SMILES string of the molecule is CN(C)[C@H]1CCN(C(=O)c2ccc(-c3cnc(N)c(OCc4ccc(C(C)(C)C)cc4)c3)cc2)C1. The first-order valence-electron chi connectivity index (χ1n) is 12.2. The van der Waals surface area contributed by atoms with Gasteiger partial charge in [-0.2, -0.15) is 0 Å². The number of hydrogen-bond acceptors (Lipinski definition) is 5. The molecule has 0 bridgehead atoms. The number of pyridine rings is 1. The standard InChI is InChI=1S/C29H36N4O2/c1-29(2,3)24-12-6-20(7-13-24)19-35-26-16-23(17-31-27(26)30)21-8-10-22(11-9-21)28(34)33-15-14-25(18-33)32(4)5/h6-13,16-17,25H,14-15,18-19H2,1-5H3,(H2,30,31)/t25-/m0/s1. The summed E-state index contributed by atoms with van der Waals surface area (Å²) in [5, 5.41) is 0. The number of nitrogens with two attached hydrogens (primary N) is 1. The lowest BCUT2D eigenvalue weighted by atomic mass is 9.87. The van der Waals surface area contributed by atoms with Crippen molar-refractivity contribution >= 4 is 11.7 Å². The van der Waals surface area contributed by atoms with Crippen LogP contribution >= 0.6 is 0 Å². The first-order chi connectivity index (χ1) is 16.6. The highest BCUT2D eigenvalue weighted by Crippen LogP contribution is 2.29. The Bertz CT molecular complexity index is 1160. The summed E-state index contributed by atoms with van der Waals surface area (Å²) >= 11 is 0. The minimum Gasteiger partial charge on any atom is -0.485 e. The summed E-state index contributed by atoms with van der Waals surface area (Å²) in [7, 11) is 4.13. The molecule has 0 saturated carbocycles. The van der Waals surface area contributed by atoms with E-state index in [0.717, 1.165) is 36.2 Å². The number of nitrogens with zero attached hydrogens (tertiary/aromatic N) is 3. The molecule has 4 rings (SSSR count). The lowest BCUT2D eigenvalue weighted by Crippen LogP contribution is -2.34. The van der Waals surface area contributed by atoms with Crippen molar-refractivity contribution in [2.24, 2.45) is 0 Å². The van der Waals surface area contributed by atoms with Gasteiger partial charge in [-0.3, -0.25) is 4.79 Å². The van der Waals surface area contributed by atoms with Crippen LogP contribution in [0, 0.1) is 0 Å². The van der Waals surface area contributed by atoms with Crippen molar-refractivity contribution in [2.75, 3.05) is 32.9 Å². The third kappa shape index (κ3) is 5.82. The normalized spacial score (nSPS) is 16.1. The molecule has 184 valence electrons. The lowest BCUT2D eigenvalue weighted by Gasteiger charge is -2.20. The Hall–Kier alpha value is -3.38. The molecule has 1 amide bonds. The van der Waals surface area contributed by atoms with Gasteiger partial charge in [-0.15, -0.1) is 0 Å². The van der Waals surface area contributed by atoms with Crippen LogP contribution in [0.5, 0.6) is 5.75 Å². The third-order valence-electron chi connectivity index (χ3n) is 6.74. The molecule has 2 N–H and O–H groups in total. The predicted molar refractivity (Wildman–Crippen MR) is 142 cm³/mol. The Morgan fingerprint density at radius 1 is 1.09 bits per heavy atom. The molecule has 0 spiro atoms. The molecular formula is C29H36N4O2. The number of carbonyl (C=O) groups excluding carboxylic acids is 1. The Balaban J connectivity index is 1.43. The Morgan fingerprint density at radius 3 is 2.37 bits per heavy atom. The van der Waals surface area contributed by atoms with E-state index in [-0.39, 0.29) is 11.3 Å². The van der Waals surface area contributed by atoms with E-state index < -0.39 is 0 Å². The first kappa shape index (κ1) is 24.7. The second kappa shape index (κ2) is 10.1. The van der Waals surface area contributed by atoms with Crippen LogP contribution in [-0.4, -0.2) is 53.9 Å². The molecule has 1 aliphatic rings. The Kier molecular flexibility index (Phi) is 7.13. The second-order valence-electron chi connectivity index (χ2n) is 10.6. The van der Waals surface area contributed by atoms with E-state index in [1.54, 1.807) is 6.20 Å². The van der Waals surface area contributed by atoms with E-state index in [1.807, 2.05) is 35.2 Å². The van der Waals surface area contributed by atoms with Crippen LogP contribution in [0.4, 0.5) is 5.82 Å². The van der Waals surface area contributed by atoms with Crippen molar-refractivity contribution in [3.63, 3.8) is 0 Å². The van der Waals surface area contributed by atoms with Crippen molar-refractivity contribution in [3.05, 3.63) is 77.5 Å². The molecule has 1 fully saturated rings. The number of carbonyl (C=O) groups is 1. The fraction of sp³-hybridized carbons (Fsp3) is 0.379. The summed E-state index contributed by atoms with van der Waals surface area (Å²) in [5.41, 5.74) is 11.1. The second-order valence-corrected chi connectivity index (χ2v) is 10.6. The van der Waals surface area contributed by atoms with Gasteiger partial charge in [0.05, 0.1) is 0 Å². The number of aromatic nitrogens is 1. The molecule has 6 heteroatoms. The quantitative estimate of drug-likeness (QED) is 0.548. The van der Waals surface area contributed by atoms with E-state index in [4.69, 9.17) is 10.5 Å². The molecule has 1 saturated heterocycles. The van der Waals surface area contributed by atoms with Crippen LogP contribution in [0.3, 0.4) is 0 Å². The van der Waals surface area contributed by atoms with Gasteiger partial charge in [0.15, 0.2) is 11.6 Å². The largest absolute Gasteiger partial charge is 0.485 e. The zero-order valence-corrected chi connectivity index (χ0v) is 21.4. The van der Waals surface area contributed by atoms with Crippen LogP contribution < -0.4 is 10.5 Å². The average molecular weight is 473 g/mol. The molecule has 0 unspecified atom stereocenters. The van der Waals surface area contributed by atoms with E-state index in [2.05, 4.69) is 69.0 Å². The van der Waals surface area contributed by atoms with Crippen LogP contribution in [-0.2, 0) is 12.0 Å². The molecule has 35 heavy (non-hydrogen) atoms. The molecule has 0 aliphatic carbocycles. The number of anilines is 1. The topological polar surface area (TPSA) is 71.7 Å². The number of amides is 1. The smallest absolute Gasteiger partial charge is 0.253 e. The summed E-state index contributed by atoms with van der Waals surface area (Å²) < 4.78 is 6.02. The number of hydrogen-bond donors (Lipinski definition) is 1. The minimum absolute atomic E-state index is 0.0813. The molecular weight excluding hydrogens is 436 g/mol. The zero-order chi connectivity index (χ0) is 25.2. The highest BCUT2D eigenvalue weighted by atomic mass is 16.5. The monoisotopic (exact) mass is 472 g/mol. The van der Waals surface area contributed by atoms with Gasteiger partial charge in [-0.05, 0) is 60.8 Å². The number of benzene rings is 2. The fourth-order valence-electron chi connectivity index (χ4n) is 4.33. The molecule has 3 aromatic rings. The van der Waals surface area contributed by atoms with E-state index in [9.17, 15) is 4.79 Å². The number of ether oxygens (including phenoxy) is 1. The Labute approximate surface area is 208 Å². The van der Waals surface area contributed by atoms with Gasteiger partial charge in [-0.25, -0.2) is 4.98 Å². The maximum Gasteiger partial charge on any atom is 0.253 e. The summed E-state index contributed by atoms with van der Waals surface area (Å²) in [6.07, 6.45) is 2.75. The van der Waals surface area contributed by atoms with Crippen molar-refractivity contribution in [1.29, 1.82) is 0 Å². The highest BCUT2D eigenvalue weighted by molar-refractivity contribution is 5.95. The number of likely N-dealkylation sites (N-methyl/N-ethyl adjacent to an activating group) is 1. The molecule has 2 aromatic carbocycles. The van der Waals surface area contributed by atoms with Gasteiger partial charge in [0.2, 0.25) is 0 Å². The van der Waals surface area contributed by atoms with Gasteiger partial charge in [0, 0.05) is 36.5 Å². The van der Waals surface area contributed by atoms with Crippen LogP contribution in [0.25, 0.3) is 11.1 Å². The van der Waals surface area contributed by atoms with Crippen molar-refractivity contribution < 1.29 is 9.53 Å².